The van der Waals surface area contributed by atoms with Gasteiger partial charge in [-0.1, -0.05) is 139 Å². The highest BCUT2D eigenvalue weighted by Gasteiger charge is 2.54. The minimum Gasteiger partial charge on any atom is -0.0805 e. The van der Waals surface area contributed by atoms with Crippen LogP contribution in [0, 0.1) is 52.8 Å². The van der Waals surface area contributed by atoms with Crippen molar-refractivity contribution in [1.29, 1.82) is 0 Å². The van der Waals surface area contributed by atoms with Crippen LogP contribution in [0.1, 0.15) is 72.3 Å². The van der Waals surface area contributed by atoms with E-state index in [1.54, 1.807) is 5.56 Å². The Morgan fingerprint density at radius 2 is 1.27 bits per heavy atom. The van der Waals surface area contributed by atoms with Gasteiger partial charge in [0.15, 0.2) is 0 Å². The Hall–Kier alpha value is -2.34. The molecular weight excluding hydrogens is 444 g/mol. The van der Waals surface area contributed by atoms with E-state index in [-0.39, 0.29) is 0 Å². The Kier molecular flexibility index (Phi) is 7.67. The number of allylic oxidation sites excluding steroid dienone is 8. The maximum Gasteiger partial charge on any atom is -0.00848 e. The fourth-order valence-electron chi connectivity index (χ4n) is 8.31. The van der Waals surface area contributed by atoms with E-state index in [4.69, 9.17) is 0 Å². The summed E-state index contributed by atoms with van der Waals surface area (Å²) in [6, 6.07) is 16.2. The third-order valence-corrected chi connectivity index (χ3v) is 10.0. The second-order valence-electron chi connectivity index (χ2n) is 13.4. The molecule has 0 bridgehead atoms. The first-order chi connectivity index (χ1) is 17.8. The van der Waals surface area contributed by atoms with Crippen LogP contribution in [0.2, 0.25) is 0 Å². The molecule has 0 saturated heterocycles. The van der Waals surface area contributed by atoms with E-state index in [1.807, 2.05) is 0 Å². The van der Waals surface area contributed by atoms with Crippen molar-refractivity contribution in [2.75, 3.05) is 0 Å². The minimum atomic E-state index is 0.383. The monoisotopic (exact) mass is 492 g/mol. The maximum absolute atomic E-state index is 2.56. The van der Waals surface area contributed by atoms with E-state index in [9.17, 15) is 0 Å². The van der Waals surface area contributed by atoms with Gasteiger partial charge in [-0.05, 0) is 87.9 Å². The van der Waals surface area contributed by atoms with Crippen molar-refractivity contribution in [3.8, 4) is 0 Å². The smallest absolute Gasteiger partial charge is 0.00848 e. The predicted molar refractivity (Wildman–Crippen MR) is 161 cm³/mol. The molecule has 196 valence electrons. The van der Waals surface area contributed by atoms with Crippen LogP contribution < -0.4 is 0 Å². The zero-order chi connectivity index (χ0) is 26.2. The molecule has 2 aromatic rings. The highest BCUT2D eigenvalue weighted by atomic mass is 14.6. The summed E-state index contributed by atoms with van der Waals surface area (Å²) in [4.78, 5) is 0. The highest BCUT2D eigenvalue weighted by Crippen LogP contribution is 2.61. The lowest BCUT2D eigenvalue weighted by Gasteiger charge is -2.39. The molecule has 37 heavy (non-hydrogen) atoms. The fraction of sp³-hybridized carbons (Fsp3) is 0.514. The number of hydrogen-bond donors (Lipinski definition) is 0. The van der Waals surface area contributed by atoms with Gasteiger partial charge in [-0.2, -0.15) is 0 Å². The third-order valence-electron chi connectivity index (χ3n) is 10.0. The lowest BCUT2D eigenvalue weighted by molar-refractivity contribution is 0.197. The van der Waals surface area contributed by atoms with Crippen molar-refractivity contribution in [3.63, 3.8) is 0 Å². The van der Waals surface area contributed by atoms with Gasteiger partial charge < -0.3 is 0 Å². The van der Waals surface area contributed by atoms with Crippen LogP contribution in [-0.2, 0) is 0 Å². The van der Waals surface area contributed by atoms with Crippen molar-refractivity contribution < 1.29 is 0 Å². The van der Waals surface area contributed by atoms with Crippen LogP contribution in [0.5, 0.6) is 0 Å². The van der Waals surface area contributed by atoms with E-state index >= 15 is 0 Å². The molecule has 0 amide bonds. The molecule has 4 aliphatic carbocycles. The van der Waals surface area contributed by atoms with Crippen LogP contribution >= 0.6 is 0 Å². The quantitative estimate of drug-likeness (QED) is 0.400. The Balaban J connectivity index is 0.000000892. The van der Waals surface area contributed by atoms with Gasteiger partial charge >= 0.3 is 0 Å². The molecule has 0 heteroatoms. The van der Waals surface area contributed by atoms with Gasteiger partial charge in [0.1, 0.15) is 0 Å². The molecule has 7 unspecified atom stereocenters. The van der Waals surface area contributed by atoms with E-state index in [2.05, 4.69) is 133 Å². The summed E-state index contributed by atoms with van der Waals surface area (Å²) in [5.74, 6) is 6.05. The topological polar surface area (TPSA) is 0 Å². The molecule has 0 radical (unpaired) electrons. The highest BCUT2D eigenvalue weighted by molar-refractivity contribution is 5.86. The number of fused-ring (bicyclic) bond motifs is 4. The van der Waals surface area contributed by atoms with Crippen LogP contribution in [0.25, 0.3) is 10.8 Å². The molecule has 6 rings (SSSR count). The molecule has 4 aliphatic rings. The summed E-state index contributed by atoms with van der Waals surface area (Å²) in [6.07, 6.45) is 23.4. The first kappa shape index (κ1) is 26.3. The minimum absolute atomic E-state index is 0.383. The number of hydrogen-bond acceptors (Lipinski definition) is 0. The van der Waals surface area contributed by atoms with Gasteiger partial charge in [-0.3, -0.25) is 0 Å². The lowest BCUT2D eigenvalue weighted by atomic mass is 9.65. The van der Waals surface area contributed by atoms with E-state index in [0.717, 1.165) is 17.8 Å². The van der Waals surface area contributed by atoms with Gasteiger partial charge in [0.2, 0.25) is 0 Å². The van der Waals surface area contributed by atoms with Crippen LogP contribution in [0.3, 0.4) is 0 Å². The molecule has 0 heterocycles. The summed E-state index contributed by atoms with van der Waals surface area (Å²) < 4.78 is 0. The molecule has 0 nitrogen and oxygen atoms in total. The molecule has 2 saturated carbocycles. The van der Waals surface area contributed by atoms with Crippen molar-refractivity contribution in [2.24, 2.45) is 52.8 Å². The van der Waals surface area contributed by atoms with Gasteiger partial charge in [0, 0.05) is 0 Å². The lowest BCUT2D eigenvalue weighted by Crippen LogP contribution is -2.31. The average Bonchev–Trinajstić information content (AvgIpc) is 3.44. The van der Waals surface area contributed by atoms with E-state index < -0.39 is 0 Å². The van der Waals surface area contributed by atoms with Crippen molar-refractivity contribution in [2.45, 2.75) is 66.7 Å². The number of rotatable bonds is 3. The Morgan fingerprint density at radius 3 is 1.84 bits per heavy atom. The molecule has 0 N–H and O–H groups in total. The molecule has 8 atom stereocenters. The summed E-state index contributed by atoms with van der Waals surface area (Å²) >= 11 is 0. The summed E-state index contributed by atoms with van der Waals surface area (Å²) in [6.45, 7) is 14.2. The van der Waals surface area contributed by atoms with Gasteiger partial charge in [-0.15, -0.1) is 0 Å². The van der Waals surface area contributed by atoms with E-state index in [0.29, 0.717) is 40.9 Å². The summed E-state index contributed by atoms with van der Waals surface area (Å²) in [5, 5.41) is 2.87. The summed E-state index contributed by atoms with van der Waals surface area (Å²) in [5.41, 5.74) is 1.99. The zero-order valence-corrected chi connectivity index (χ0v) is 24.0. The fourth-order valence-corrected chi connectivity index (χ4v) is 8.31. The van der Waals surface area contributed by atoms with Crippen molar-refractivity contribution >= 4 is 10.8 Å². The zero-order valence-electron chi connectivity index (χ0n) is 24.0. The molecule has 0 spiro atoms. The Labute approximate surface area is 226 Å². The Morgan fingerprint density at radius 1 is 0.730 bits per heavy atom. The Bertz CT molecular complexity index is 1140. The normalized spacial score (nSPS) is 34.6. The first-order valence-electron chi connectivity index (χ1n) is 15.0. The van der Waals surface area contributed by atoms with Gasteiger partial charge in [0.05, 0.1) is 0 Å². The largest absolute Gasteiger partial charge is 0.0805 e. The first-order valence-corrected chi connectivity index (χ1v) is 15.0. The van der Waals surface area contributed by atoms with Crippen LogP contribution in [0.4, 0.5) is 0 Å². The third kappa shape index (κ3) is 4.94. The van der Waals surface area contributed by atoms with Crippen LogP contribution in [0.15, 0.2) is 91.1 Å². The molecule has 0 aliphatic heterocycles. The maximum atomic E-state index is 2.56. The molecular formula is C37H48. The molecule has 2 aromatic carbocycles. The second-order valence-corrected chi connectivity index (χ2v) is 13.4. The van der Waals surface area contributed by atoms with Crippen LogP contribution in [-0.4, -0.2) is 0 Å². The molecule has 2 fully saturated rings. The average molecular weight is 493 g/mol. The van der Waals surface area contributed by atoms with Gasteiger partial charge in [-0.25, -0.2) is 0 Å². The molecule has 0 aromatic heterocycles. The predicted octanol–water partition coefficient (Wildman–Crippen LogP) is 10.4. The van der Waals surface area contributed by atoms with E-state index in [1.165, 1.54) is 30.0 Å². The van der Waals surface area contributed by atoms with Crippen molar-refractivity contribution in [3.05, 3.63) is 96.6 Å². The second kappa shape index (κ2) is 10.8. The van der Waals surface area contributed by atoms with Crippen molar-refractivity contribution in [1.82, 2.24) is 0 Å². The van der Waals surface area contributed by atoms with Gasteiger partial charge in [0.25, 0.3) is 0 Å². The SMILES string of the molecule is CC1CC(C(C)(C)C)CC1[C@@H](c1cccc2ccccc12)C1C2C=CC=CC2C2C=CC=CC21.CCC. The standard InChI is InChI=1S/C34H40.C3H8/c1-22-20-24(34(2,3)4)21-31(22)33(28-19-11-13-23-12-5-6-14-25(23)28)32-29-17-9-7-15-26(29)27-16-8-10-18-30(27)32;1-3-2/h5-19,22,24,26-27,29-33H,20-21H2,1-4H3;3H2,1-2H3/t22?,24?,26?,27?,29?,30?,31?,32?,33-;/m1./s1. The number of benzene rings is 2. The summed E-state index contributed by atoms with van der Waals surface area (Å²) in [7, 11) is 0.